The highest BCUT2D eigenvalue weighted by Crippen LogP contribution is 1.88. The lowest BCUT2D eigenvalue weighted by Gasteiger charge is -1.78. The molecule has 0 aliphatic heterocycles. The topological polar surface area (TPSA) is 17.8 Å². The van der Waals surface area contributed by atoms with Gasteiger partial charge in [0.2, 0.25) is 0 Å². The van der Waals surface area contributed by atoms with Crippen LogP contribution in [0.4, 0.5) is 0 Å². The molecule has 0 spiro atoms. The summed E-state index contributed by atoms with van der Waals surface area (Å²) in [6, 6.07) is 0. The van der Waals surface area contributed by atoms with Gasteiger partial charge in [-0.3, -0.25) is 4.68 Å². The fourth-order valence-electron chi connectivity index (χ4n) is 0.544. The fraction of sp³-hybridized carbons (Fsp3) is 0.625. The van der Waals surface area contributed by atoms with Crippen LogP contribution in [0.3, 0.4) is 0 Å². The molecule has 0 amide bonds. The van der Waals surface area contributed by atoms with E-state index in [4.69, 9.17) is 0 Å². The Bertz CT molecular complexity index is 151. The minimum absolute atomic E-state index is 1.21. The summed E-state index contributed by atoms with van der Waals surface area (Å²) >= 11 is 0. The maximum absolute atomic E-state index is 3.93. The van der Waals surface area contributed by atoms with Gasteiger partial charge in [-0.25, -0.2) is 0 Å². The second kappa shape index (κ2) is 5.03. The van der Waals surface area contributed by atoms with Crippen molar-refractivity contribution in [3.63, 3.8) is 0 Å². The highest BCUT2D eigenvalue weighted by atomic mass is 15.2. The summed E-state index contributed by atoms with van der Waals surface area (Å²) in [7, 11) is 1.91. The number of aromatic nitrogens is 2. The molecule has 0 fully saturated rings. The standard InChI is InChI=1S/C5H8N2.C3H8/c1-5-3-6-7(2)4-5;1-3-2/h3-4H,1-2H3;3H2,1-2H3. The summed E-state index contributed by atoms with van der Waals surface area (Å²) in [5.41, 5.74) is 1.21. The third kappa shape index (κ3) is 4.13. The van der Waals surface area contributed by atoms with Crippen molar-refractivity contribution < 1.29 is 0 Å². The second-order valence-electron chi connectivity index (χ2n) is 2.40. The molecule has 0 bridgehead atoms. The van der Waals surface area contributed by atoms with Gasteiger partial charge in [-0.05, 0) is 12.5 Å². The first-order chi connectivity index (χ1) is 4.70. The van der Waals surface area contributed by atoms with Gasteiger partial charge >= 0.3 is 0 Å². The van der Waals surface area contributed by atoms with Gasteiger partial charge in [0, 0.05) is 13.2 Å². The molecule has 0 N–H and O–H groups in total. The molecule has 1 aromatic rings. The van der Waals surface area contributed by atoms with Crippen LogP contribution >= 0.6 is 0 Å². The maximum Gasteiger partial charge on any atom is 0.0518 e. The number of hydrogen-bond acceptors (Lipinski definition) is 1. The Morgan fingerprint density at radius 1 is 1.50 bits per heavy atom. The van der Waals surface area contributed by atoms with Gasteiger partial charge in [0.25, 0.3) is 0 Å². The molecular weight excluding hydrogens is 124 g/mol. The van der Waals surface area contributed by atoms with Crippen LogP contribution in [0.15, 0.2) is 12.4 Å². The molecule has 1 aromatic heterocycles. The normalized spacial score (nSPS) is 8.40. The van der Waals surface area contributed by atoms with Crippen molar-refractivity contribution in [3.05, 3.63) is 18.0 Å². The Labute approximate surface area is 62.9 Å². The molecule has 10 heavy (non-hydrogen) atoms. The number of rotatable bonds is 0. The summed E-state index contributed by atoms with van der Waals surface area (Å²) in [4.78, 5) is 0. The van der Waals surface area contributed by atoms with Gasteiger partial charge < -0.3 is 0 Å². The Hall–Kier alpha value is -0.790. The van der Waals surface area contributed by atoms with E-state index >= 15 is 0 Å². The predicted molar refractivity (Wildman–Crippen MR) is 43.9 cm³/mol. The maximum atomic E-state index is 3.93. The molecule has 0 aromatic carbocycles. The Morgan fingerprint density at radius 3 is 2.10 bits per heavy atom. The van der Waals surface area contributed by atoms with Crippen LogP contribution in [0, 0.1) is 6.92 Å². The monoisotopic (exact) mass is 140 g/mol. The Morgan fingerprint density at radius 2 is 2.00 bits per heavy atom. The van der Waals surface area contributed by atoms with Gasteiger partial charge in [0.1, 0.15) is 0 Å². The number of hydrogen-bond donors (Lipinski definition) is 0. The zero-order chi connectivity index (χ0) is 7.98. The third-order valence-electron chi connectivity index (χ3n) is 0.834. The summed E-state index contributed by atoms with van der Waals surface area (Å²) in [6.07, 6.45) is 5.06. The van der Waals surface area contributed by atoms with Crippen molar-refractivity contribution in [2.24, 2.45) is 7.05 Å². The van der Waals surface area contributed by atoms with E-state index in [9.17, 15) is 0 Å². The van der Waals surface area contributed by atoms with E-state index in [0.717, 1.165) is 0 Å². The predicted octanol–water partition coefficient (Wildman–Crippen LogP) is 2.14. The zero-order valence-corrected chi connectivity index (χ0v) is 7.26. The van der Waals surface area contributed by atoms with Gasteiger partial charge in [-0.2, -0.15) is 5.10 Å². The van der Waals surface area contributed by atoms with Crippen LogP contribution in [-0.4, -0.2) is 9.78 Å². The van der Waals surface area contributed by atoms with Crippen molar-refractivity contribution in [3.8, 4) is 0 Å². The van der Waals surface area contributed by atoms with Crippen molar-refractivity contribution in [2.45, 2.75) is 27.2 Å². The summed E-state index contributed by atoms with van der Waals surface area (Å²) in [5, 5.41) is 3.93. The van der Waals surface area contributed by atoms with E-state index in [0.29, 0.717) is 0 Å². The summed E-state index contributed by atoms with van der Waals surface area (Å²) in [5.74, 6) is 0. The van der Waals surface area contributed by atoms with Crippen LogP contribution in [0.1, 0.15) is 25.8 Å². The molecule has 0 radical (unpaired) electrons. The lowest BCUT2D eigenvalue weighted by molar-refractivity contribution is 0.767. The van der Waals surface area contributed by atoms with E-state index in [-0.39, 0.29) is 0 Å². The molecule has 58 valence electrons. The summed E-state index contributed by atoms with van der Waals surface area (Å²) < 4.78 is 1.79. The zero-order valence-electron chi connectivity index (χ0n) is 7.26. The van der Waals surface area contributed by atoms with Crippen LogP contribution in [-0.2, 0) is 7.05 Å². The SMILES string of the molecule is CCC.Cc1cnn(C)c1. The van der Waals surface area contributed by atoms with Gasteiger partial charge in [0.05, 0.1) is 6.20 Å². The molecule has 0 aliphatic carbocycles. The molecule has 0 unspecified atom stereocenters. The minimum Gasteiger partial charge on any atom is -0.276 e. The number of aryl methyl sites for hydroxylation is 2. The lowest BCUT2D eigenvalue weighted by Crippen LogP contribution is -1.83. The average Bonchev–Trinajstić information content (AvgIpc) is 2.17. The van der Waals surface area contributed by atoms with Crippen molar-refractivity contribution >= 4 is 0 Å². The van der Waals surface area contributed by atoms with E-state index in [1.807, 2.05) is 26.4 Å². The van der Waals surface area contributed by atoms with Gasteiger partial charge in [-0.1, -0.05) is 20.3 Å². The van der Waals surface area contributed by atoms with Crippen LogP contribution in [0.25, 0.3) is 0 Å². The van der Waals surface area contributed by atoms with Crippen molar-refractivity contribution in [2.75, 3.05) is 0 Å². The second-order valence-corrected chi connectivity index (χ2v) is 2.40. The molecule has 0 aliphatic rings. The lowest BCUT2D eigenvalue weighted by atomic mass is 10.4. The quantitative estimate of drug-likeness (QED) is 0.540. The van der Waals surface area contributed by atoms with Crippen LogP contribution < -0.4 is 0 Å². The highest BCUT2D eigenvalue weighted by molar-refractivity contribution is 4.98. The summed E-state index contributed by atoms with van der Waals surface area (Å²) in [6.45, 7) is 6.27. The van der Waals surface area contributed by atoms with E-state index in [1.54, 1.807) is 4.68 Å². The van der Waals surface area contributed by atoms with Gasteiger partial charge in [-0.15, -0.1) is 0 Å². The fourth-order valence-corrected chi connectivity index (χ4v) is 0.544. The molecule has 0 saturated carbocycles. The molecule has 2 nitrogen and oxygen atoms in total. The highest BCUT2D eigenvalue weighted by Gasteiger charge is 1.81. The number of nitrogens with zero attached hydrogens (tertiary/aromatic N) is 2. The average molecular weight is 140 g/mol. The van der Waals surface area contributed by atoms with Crippen molar-refractivity contribution in [1.29, 1.82) is 0 Å². The first-order valence-corrected chi connectivity index (χ1v) is 3.66. The van der Waals surface area contributed by atoms with Gasteiger partial charge in [0.15, 0.2) is 0 Å². The molecule has 0 atom stereocenters. The largest absolute Gasteiger partial charge is 0.276 e. The molecule has 2 heteroatoms. The van der Waals surface area contributed by atoms with E-state index < -0.39 is 0 Å². The Balaban J connectivity index is 0.000000236. The first-order valence-electron chi connectivity index (χ1n) is 3.66. The first kappa shape index (κ1) is 9.21. The smallest absolute Gasteiger partial charge is 0.0518 e. The van der Waals surface area contributed by atoms with Crippen LogP contribution in [0.5, 0.6) is 0 Å². The Kier molecular flexibility index (Phi) is 4.63. The van der Waals surface area contributed by atoms with Crippen molar-refractivity contribution in [1.82, 2.24) is 9.78 Å². The minimum atomic E-state index is 1.21. The molecule has 0 saturated heterocycles. The molecule has 1 heterocycles. The van der Waals surface area contributed by atoms with E-state index in [2.05, 4.69) is 18.9 Å². The molecular formula is C8H16N2. The van der Waals surface area contributed by atoms with E-state index in [1.165, 1.54) is 12.0 Å². The third-order valence-corrected chi connectivity index (χ3v) is 0.834. The van der Waals surface area contributed by atoms with Crippen LogP contribution in [0.2, 0.25) is 0 Å². The molecule has 1 rings (SSSR count).